The molecule has 0 spiro atoms. The van der Waals surface area contributed by atoms with Crippen LogP contribution >= 0.6 is 11.3 Å². The van der Waals surface area contributed by atoms with Gasteiger partial charge in [-0.05, 0) is 43.2 Å². The van der Waals surface area contributed by atoms with Crippen LogP contribution in [-0.4, -0.2) is 24.7 Å². The molecule has 0 aliphatic rings. The van der Waals surface area contributed by atoms with E-state index < -0.39 is 0 Å². The first-order valence-electron chi connectivity index (χ1n) is 8.55. The Bertz CT molecular complexity index is 1020. The van der Waals surface area contributed by atoms with E-state index in [1.807, 2.05) is 0 Å². The number of benzene rings is 2. The van der Waals surface area contributed by atoms with Crippen LogP contribution in [0.25, 0.3) is 10.2 Å². The number of thiazole rings is 1. The number of amides is 1. The van der Waals surface area contributed by atoms with Crippen molar-refractivity contribution in [2.24, 2.45) is 4.99 Å². The summed E-state index contributed by atoms with van der Waals surface area (Å²) < 4.78 is 13.8. The Balaban J connectivity index is 2.11. The third kappa shape index (κ3) is 3.24. The molecule has 0 N–H and O–H groups in total. The number of aryl methyl sites for hydroxylation is 2. The first-order chi connectivity index (χ1) is 12.6. The van der Waals surface area contributed by atoms with Gasteiger partial charge in [-0.15, -0.1) is 0 Å². The third-order valence-corrected chi connectivity index (χ3v) is 5.35. The lowest BCUT2D eigenvalue weighted by Crippen LogP contribution is -2.16. The van der Waals surface area contributed by atoms with Gasteiger partial charge in [-0.1, -0.05) is 30.4 Å². The summed E-state index contributed by atoms with van der Waals surface area (Å²) in [6, 6.07) is 11.3. The highest BCUT2D eigenvalue weighted by molar-refractivity contribution is 7.16. The topological polar surface area (TPSA) is 52.8 Å². The normalized spacial score (nSPS) is 11.8. The molecule has 1 heterocycles. The van der Waals surface area contributed by atoms with Crippen molar-refractivity contribution in [3.63, 3.8) is 0 Å². The zero-order chi connectivity index (χ0) is 18.7. The van der Waals surface area contributed by atoms with Crippen molar-refractivity contribution in [1.82, 2.24) is 4.57 Å². The van der Waals surface area contributed by atoms with Crippen molar-refractivity contribution in [1.29, 1.82) is 0 Å². The Morgan fingerprint density at radius 2 is 1.88 bits per heavy atom. The van der Waals surface area contributed by atoms with Gasteiger partial charge in [-0.25, -0.2) is 0 Å². The second-order valence-electron chi connectivity index (χ2n) is 5.73. The molecule has 0 aliphatic heterocycles. The van der Waals surface area contributed by atoms with E-state index in [2.05, 4.69) is 41.6 Å². The summed E-state index contributed by atoms with van der Waals surface area (Å²) >= 11 is 1.54. The van der Waals surface area contributed by atoms with E-state index in [0.717, 1.165) is 17.7 Å². The smallest absolute Gasteiger partial charge is 0.279 e. The SMILES string of the molecule is CCc1cccc2sc(=NC(=O)c3ccc(OC)c(OC)c3)n(CC)c12. The summed E-state index contributed by atoms with van der Waals surface area (Å²) in [6.07, 6.45) is 0.942. The van der Waals surface area contributed by atoms with Gasteiger partial charge in [0.05, 0.1) is 24.4 Å². The van der Waals surface area contributed by atoms with Gasteiger partial charge in [0.25, 0.3) is 5.91 Å². The molecule has 0 atom stereocenters. The van der Waals surface area contributed by atoms with E-state index in [-0.39, 0.29) is 5.91 Å². The quantitative estimate of drug-likeness (QED) is 0.681. The highest BCUT2D eigenvalue weighted by Crippen LogP contribution is 2.28. The molecular weight excluding hydrogens is 348 g/mol. The van der Waals surface area contributed by atoms with Crippen molar-refractivity contribution >= 4 is 27.5 Å². The van der Waals surface area contributed by atoms with Gasteiger partial charge in [0, 0.05) is 12.1 Å². The number of hydrogen-bond donors (Lipinski definition) is 0. The first-order valence-corrected chi connectivity index (χ1v) is 9.36. The molecule has 3 aromatic rings. The average Bonchev–Trinajstić information content (AvgIpc) is 3.04. The van der Waals surface area contributed by atoms with Crippen LogP contribution in [0.1, 0.15) is 29.8 Å². The summed E-state index contributed by atoms with van der Waals surface area (Å²) in [5.41, 5.74) is 2.90. The zero-order valence-electron chi connectivity index (χ0n) is 15.4. The van der Waals surface area contributed by atoms with Gasteiger partial charge in [0.15, 0.2) is 16.3 Å². The van der Waals surface area contributed by atoms with Crippen molar-refractivity contribution < 1.29 is 14.3 Å². The highest BCUT2D eigenvalue weighted by atomic mass is 32.1. The molecule has 0 bridgehead atoms. The Morgan fingerprint density at radius 3 is 2.54 bits per heavy atom. The molecule has 5 nitrogen and oxygen atoms in total. The molecule has 1 amide bonds. The van der Waals surface area contributed by atoms with E-state index in [1.165, 1.54) is 22.4 Å². The number of carbonyl (C=O) groups excluding carboxylic acids is 1. The number of carbonyl (C=O) groups is 1. The number of aromatic nitrogens is 1. The van der Waals surface area contributed by atoms with Crippen molar-refractivity contribution in [2.45, 2.75) is 26.8 Å². The Labute approximate surface area is 156 Å². The lowest BCUT2D eigenvalue weighted by atomic mass is 10.1. The van der Waals surface area contributed by atoms with Crippen molar-refractivity contribution in [2.75, 3.05) is 14.2 Å². The molecule has 136 valence electrons. The van der Waals surface area contributed by atoms with E-state index in [9.17, 15) is 4.79 Å². The minimum absolute atomic E-state index is 0.294. The number of nitrogens with zero attached hydrogens (tertiary/aromatic N) is 2. The molecule has 0 fully saturated rings. The summed E-state index contributed by atoms with van der Waals surface area (Å²) in [6.45, 7) is 4.96. The average molecular weight is 370 g/mol. The van der Waals surface area contributed by atoms with Gasteiger partial charge in [-0.3, -0.25) is 4.79 Å². The van der Waals surface area contributed by atoms with Crippen LogP contribution in [0.5, 0.6) is 11.5 Å². The molecule has 2 aromatic carbocycles. The third-order valence-electron chi connectivity index (χ3n) is 4.31. The maximum Gasteiger partial charge on any atom is 0.279 e. The number of hydrogen-bond acceptors (Lipinski definition) is 4. The van der Waals surface area contributed by atoms with Gasteiger partial charge in [0.1, 0.15) is 0 Å². The molecule has 1 aromatic heterocycles. The van der Waals surface area contributed by atoms with Crippen molar-refractivity contribution in [3.05, 3.63) is 52.3 Å². The fourth-order valence-corrected chi connectivity index (χ4v) is 4.13. The van der Waals surface area contributed by atoms with Gasteiger partial charge in [0.2, 0.25) is 0 Å². The lowest BCUT2D eigenvalue weighted by molar-refractivity contribution is 0.0997. The number of rotatable bonds is 5. The number of para-hydroxylation sites is 1. The minimum atomic E-state index is -0.294. The Hall–Kier alpha value is -2.60. The second kappa shape index (κ2) is 7.74. The van der Waals surface area contributed by atoms with E-state index in [0.29, 0.717) is 21.9 Å². The van der Waals surface area contributed by atoms with Crippen molar-refractivity contribution in [3.8, 4) is 11.5 Å². The fraction of sp³-hybridized carbons (Fsp3) is 0.300. The molecule has 0 saturated carbocycles. The van der Waals surface area contributed by atoms with Crippen LogP contribution in [0.2, 0.25) is 0 Å². The molecule has 0 aliphatic carbocycles. The lowest BCUT2D eigenvalue weighted by Gasteiger charge is -2.08. The maximum absolute atomic E-state index is 12.7. The molecule has 0 unspecified atom stereocenters. The second-order valence-corrected chi connectivity index (χ2v) is 6.74. The molecule has 26 heavy (non-hydrogen) atoms. The summed E-state index contributed by atoms with van der Waals surface area (Å²) in [4.78, 5) is 17.8. The fourth-order valence-electron chi connectivity index (χ4n) is 2.99. The molecule has 0 saturated heterocycles. The Kier molecular flexibility index (Phi) is 5.42. The van der Waals surface area contributed by atoms with E-state index in [4.69, 9.17) is 9.47 Å². The first kappa shape index (κ1) is 18.2. The molecular formula is C20H22N2O3S. The highest BCUT2D eigenvalue weighted by Gasteiger charge is 2.13. The molecule has 0 radical (unpaired) electrons. The maximum atomic E-state index is 12.7. The summed E-state index contributed by atoms with van der Waals surface area (Å²) in [5.74, 6) is 0.807. The Morgan fingerprint density at radius 1 is 1.12 bits per heavy atom. The van der Waals surface area contributed by atoms with Gasteiger partial charge < -0.3 is 14.0 Å². The molecule has 6 heteroatoms. The van der Waals surface area contributed by atoms with Crippen LogP contribution in [0.15, 0.2) is 41.4 Å². The van der Waals surface area contributed by atoms with Crippen LogP contribution in [0.3, 0.4) is 0 Å². The molecule has 3 rings (SSSR count). The van der Waals surface area contributed by atoms with Crippen LogP contribution in [0, 0.1) is 0 Å². The minimum Gasteiger partial charge on any atom is -0.493 e. The standard InChI is InChI=1S/C20H22N2O3S/c1-5-13-8-7-9-17-18(13)22(6-2)20(26-17)21-19(23)14-10-11-15(24-3)16(12-14)25-4/h7-12H,5-6H2,1-4H3. The van der Waals surface area contributed by atoms with Gasteiger partial charge in [-0.2, -0.15) is 4.99 Å². The predicted octanol–water partition coefficient (Wildman–Crippen LogP) is 4.04. The van der Waals surface area contributed by atoms with Crippen LogP contribution < -0.4 is 14.3 Å². The summed E-state index contributed by atoms with van der Waals surface area (Å²) in [5, 5.41) is 0. The van der Waals surface area contributed by atoms with E-state index in [1.54, 1.807) is 32.4 Å². The monoisotopic (exact) mass is 370 g/mol. The van der Waals surface area contributed by atoms with E-state index >= 15 is 0 Å². The zero-order valence-corrected chi connectivity index (χ0v) is 16.2. The van der Waals surface area contributed by atoms with Gasteiger partial charge >= 0.3 is 0 Å². The summed E-state index contributed by atoms with van der Waals surface area (Å²) in [7, 11) is 3.11. The number of ether oxygens (including phenoxy) is 2. The number of methoxy groups -OCH3 is 2. The van der Waals surface area contributed by atoms with Crippen LogP contribution in [0.4, 0.5) is 0 Å². The largest absolute Gasteiger partial charge is 0.493 e. The number of fused-ring (bicyclic) bond motifs is 1. The van der Waals surface area contributed by atoms with Crippen LogP contribution in [-0.2, 0) is 13.0 Å². The predicted molar refractivity (Wildman–Crippen MR) is 104 cm³/mol.